The van der Waals surface area contributed by atoms with Crippen molar-refractivity contribution in [2.24, 2.45) is 5.92 Å². The van der Waals surface area contributed by atoms with E-state index in [0.717, 1.165) is 38.2 Å². The molecule has 4 nitrogen and oxygen atoms in total. The van der Waals surface area contributed by atoms with Gasteiger partial charge in [-0.2, -0.15) is 0 Å². The van der Waals surface area contributed by atoms with E-state index in [-0.39, 0.29) is 0 Å². The van der Waals surface area contributed by atoms with Gasteiger partial charge in [0.2, 0.25) is 0 Å². The summed E-state index contributed by atoms with van der Waals surface area (Å²) in [7, 11) is 3.54. The van der Waals surface area contributed by atoms with Crippen LogP contribution in [-0.2, 0) is 17.7 Å². The average Bonchev–Trinajstić information content (AvgIpc) is 2.63. The summed E-state index contributed by atoms with van der Waals surface area (Å²) in [5, 5.41) is 0. The van der Waals surface area contributed by atoms with Crippen molar-refractivity contribution >= 4 is 0 Å². The molecule has 0 unspecified atom stereocenters. The van der Waals surface area contributed by atoms with Gasteiger partial charge in [-0.15, -0.1) is 0 Å². The number of aromatic nitrogens is 1. The van der Waals surface area contributed by atoms with Crippen molar-refractivity contribution in [2.75, 3.05) is 27.3 Å². The Morgan fingerprint density at radius 2 is 1.79 bits per heavy atom. The van der Waals surface area contributed by atoms with Crippen molar-refractivity contribution in [1.29, 1.82) is 0 Å². The Bertz CT molecular complexity index is 615. The summed E-state index contributed by atoms with van der Waals surface area (Å²) in [4.78, 5) is 6.63. The van der Waals surface area contributed by atoms with E-state index >= 15 is 0 Å². The number of likely N-dealkylation sites (tertiary alicyclic amines) is 1. The molecule has 0 radical (unpaired) electrons. The van der Waals surface area contributed by atoms with Crippen LogP contribution in [0.4, 0.5) is 0 Å². The number of nitrogens with zero attached hydrogens (tertiary/aromatic N) is 2. The zero-order valence-corrected chi connectivity index (χ0v) is 14.5. The van der Waals surface area contributed by atoms with Gasteiger partial charge in [0.05, 0.1) is 13.2 Å². The van der Waals surface area contributed by atoms with Gasteiger partial charge in [-0.25, -0.2) is 0 Å². The molecule has 1 fully saturated rings. The van der Waals surface area contributed by atoms with Crippen LogP contribution >= 0.6 is 0 Å². The smallest absolute Gasteiger partial charge is 0.118 e. The molecule has 0 spiro atoms. The minimum Gasteiger partial charge on any atom is -0.497 e. The number of pyridine rings is 1. The van der Waals surface area contributed by atoms with E-state index in [2.05, 4.69) is 34.1 Å². The van der Waals surface area contributed by atoms with Gasteiger partial charge in [0.25, 0.3) is 0 Å². The lowest BCUT2D eigenvalue weighted by Gasteiger charge is -2.38. The predicted octanol–water partition coefficient (Wildman–Crippen LogP) is 3.17. The summed E-state index contributed by atoms with van der Waals surface area (Å²) in [6.07, 6.45) is 6.19. The molecule has 0 amide bonds. The van der Waals surface area contributed by atoms with E-state index in [1.54, 1.807) is 7.11 Å². The van der Waals surface area contributed by atoms with Crippen LogP contribution < -0.4 is 4.74 Å². The van der Waals surface area contributed by atoms with E-state index in [1.807, 2.05) is 31.6 Å². The minimum absolute atomic E-state index is 0.334. The highest BCUT2D eigenvalue weighted by Gasteiger charge is 2.29. The molecule has 0 aliphatic carbocycles. The fourth-order valence-corrected chi connectivity index (χ4v) is 3.55. The Labute approximate surface area is 144 Å². The molecule has 1 saturated heterocycles. The maximum Gasteiger partial charge on any atom is 0.118 e. The Kier molecular flexibility index (Phi) is 5.83. The minimum atomic E-state index is 0.334. The molecule has 4 heteroatoms. The van der Waals surface area contributed by atoms with Crippen LogP contribution in [0.3, 0.4) is 0 Å². The highest BCUT2D eigenvalue weighted by molar-refractivity contribution is 5.27. The lowest BCUT2D eigenvalue weighted by molar-refractivity contribution is -0.00849. The molecule has 0 bridgehead atoms. The van der Waals surface area contributed by atoms with Crippen molar-refractivity contribution in [3.05, 3.63) is 59.9 Å². The lowest BCUT2D eigenvalue weighted by atomic mass is 9.88. The maximum absolute atomic E-state index is 5.76. The first-order valence-corrected chi connectivity index (χ1v) is 8.55. The average molecular weight is 326 g/mol. The second-order valence-corrected chi connectivity index (χ2v) is 6.47. The molecule has 2 aromatic rings. The normalized spacial score (nSPS) is 21.6. The zero-order valence-electron chi connectivity index (χ0n) is 14.5. The molecule has 2 heterocycles. The highest BCUT2D eigenvalue weighted by atomic mass is 16.5. The largest absolute Gasteiger partial charge is 0.497 e. The number of rotatable bonds is 6. The molecule has 2 atom stereocenters. The molecule has 1 aromatic heterocycles. The van der Waals surface area contributed by atoms with Crippen molar-refractivity contribution in [1.82, 2.24) is 9.88 Å². The number of benzene rings is 1. The SMILES string of the molecule is COc1ccc(C[C@@H]2CN(Cc3ccncc3)CC[C@H]2OC)cc1. The molecular weight excluding hydrogens is 300 g/mol. The summed E-state index contributed by atoms with van der Waals surface area (Å²) in [5.74, 6) is 1.42. The van der Waals surface area contributed by atoms with E-state index in [9.17, 15) is 0 Å². The summed E-state index contributed by atoms with van der Waals surface area (Å²) in [6.45, 7) is 3.13. The summed E-state index contributed by atoms with van der Waals surface area (Å²) >= 11 is 0. The van der Waals surface area contributed by atoms with Gasteiger partial charge < -0.3 is 9.47 Å². The topological polar surface area (TPSA) is 34.6 Å². The van der Waals surface area contributed by atoms with Crippen LogP contribution in [0.1, 0.15) is 17.5 Å². The Hall–Kier alpha value is -1.91. The Morgan fingerprint density at radius 1 is 1.04 bits per heavy atom. The third kappa shape index (κ3) is 4.34. The van der Waals surface area contributed by atoms with Gasteiger partial charge in [0.1, 0.15) is 5.75 Å². The van der Waals surface area contributed by atoms with Crippen LogP contribution in [0, 0.1) is 5.92 Å². The molecule has 1 aromatic carbocycles. The second kappa shape index (κ2) is 8.27. The molecular formula is C20H26N2O2. The molecule has 128 valence electrons. The molecule has 3 rings (SSSR count). The van der Waals surface area contributed by atoms with E-state index < -0.39 is 0 Å². The first kappa shape index (κ1) is 16.9. The van der Waals surface area contributed by atoms with Crippen molar-refractivity contribution in [3.63, 3.8) is 0 Å². The van der Waals surface area contributed by atoms with Crippen molar-refractivity contribution in [3.8, 4) is 5.75 Å². The number of hydrogen-bond acceptors (Lipinski definition) is 4. The monoisotopic (exact) mass is 326 g/mol. The summed E-state index contributed by atoms with van der Waals surface area (Å²) in [5.41, 5.74) is 2.66. The van der Waals surface area contributed by atoms with Gasteiger partial charge in [0, 0.05) is 45.1 Å². The number of hydrogen-bond donors (Lipinski definition) is 0. The van der Waals surface area contributed by atoms with Gasteiger partial charge in [0.15, 0.2) is 0 Å². The van der Waals surface area contributed by atoms with Crippen molar-refractivity contribution < 1.29 is 9.47 Å². The Balaban J connectivity index is 1.64. The van der Waals surface area contributed by atoms with Crippen LogP contribution in [0.25, 0.3) is 0 Å². The first-order chi connectivity index (χ1) is 11.8. The third-order valence-corrected chi connectivity index (χ3v) is 4.86. The number of methoxy groups -OCH3 is 2. The fraction of sp³-hybridized carbons (Fsp3) is 0.450. The summed E-state index contributed by atoms with van der Waals surface area (Å²) in [6, 6.07) is 12.6. The standard InChI is InChI=1S/C20H26N2O2/c1-23-19-5-3-16(4-6-19)13-18-15-22(12-9-20(18)24-2)14-17-7-10-21-11-8-17/h3-8,10-11,18,20H,9,12-15H2,1-2H3/t18-,20-/m1/s1. The highest BCUT2D eigenvalue weighted by Crippen LogP contribution is 2.25. The van der Waals surface area contributed by atoms with Crippen LogP contribution in [0.2, 0.25) is 0 Å². The van der Waals surface area contributed by atoms with Crippen LogP contribution in [0.5, 0.6) is 5.75 Å². The van der Waals surface area contributed by atoms with Gasteiger partial charge in [-0.3, -0.25) is 9.88 Å². The molecule has 0 saturated carbocycles. The van der Waals surface area contributed by atoms with E-state index in [4.69, 9.17) is 9.47 Å². The second-order valence-electron chi connectivity index (χ2n) is 6.47. The number of ether oxygens (including phenoxy) is 2. The quantitative estimate of drug-likeness (QED) is 0.817. The van der Waals surface area contributed by atoms with E-state index in [1.165, 1.54) is 11.1 Å². The first-order valence-electron chi connectivity index (χ1n) is 8.55. The fourth-order valence-electron chi connectivity index (χ4n) is 3.55. The maximum atomic E-state index is 5.76. The van der Waals surface area contributed by atoms with Gasteiger partial charge in [-0.05, 0) is 48.2 Å². The van der Waals surface area contributed by atoms with Crippen LogP contribution in [0.15, 0.2) is 48.8 Å². The van der Waals surface area contributed by atoms with Crippen molar-refractivity contribution in [2.45, 2.75) is 25.5 Å². The lowest BCUT2D eigenvalue weighted by Crippen LogP contribution is -2.44. The number of piperidine rings is 1. The van der Waals surface area contributed by atoms with Gasteiger partial charge >= 0.3 is 0 Å². The van der Waals surface area contributed by atoms with Crippen LogP contribution in [-0.4, -0.2) is 43.3 Å². The molecule has 0 N–H and O–H groups in total. The predicted molar refractivity (Wildman–Crippen MR) is 95.1 cm³/mol. The van der Waals surface area contributed by atoms with Gasteiger partial charge in [-0.1, -0.05) is 12.1 Å². The molecule has 1 aliphatic heterocycles. The summed E-state index contributed by atoms with van der Waals surface area (Å²) < 4.78 is 11.0. The Morgan fingerprint density at radius 3 is 2.46 bits per heavy atom. The molecule has 1 aliphatic rings. The third-order valence-electron chi connectivity index (χ3n) is 4.86. The van der Waals surface area contributed by atoms with E-state index in [0.29, 0.717) is 12.0 Å². The zero-order chi connectivity index (χ0) is 16.8. The molecule has 24 heavy (non-hydrogen) atoms.